The van der Waals surface area contributed by atoms with Gasteiger partial charge in [0.2, 0.25) is 11.8 Å². The lowest BCUT2D eigenvalue weighted by Gasteiger charge is -2.30. The number of nitrogens with zero attached hydrogens (tertiary/aromatic N) is 2. The van der Waals surface area contributed by atoms with Crippen LogP contribution in [0.4, 0.5) is 9.59 Å². The van der Waals surface area contributed by atoms with Crippen LogP contribution in [0.1, 0.15) is 76.8 Å². The van der Waals surface area contributed by atoms with Crippen molar-refractivity contribution in [1.82, 2.24) is 20.4 Å². The molecule has 2 fully saturated rings. The SMILES string of the molecule is CC(C)(C)OC(=O)N[C@H]1CCCCC/C=C\[C@H]2C[C@@]2(C(=O)O)NC(=O)[C@@H]2C[C@@H](OC(=O)N3Cc4ccccc4C3)CN2C1=O. The molecule has 1 saturated heterocycles. The standard InChI is InChI=1S/C32H42N4O8/c1-31(2,3)44-29(41)33-24-14-8-6-4-5-7-13-22-16-32(22,28(39)40)34-26(37)25-15-23(19-36(25)27(24)38)43-30(42)35-17-20-11-9-10-12-21(20)18-35/h7,9-13,22-25H,4-6,8,14-19H2,1-3H3,(H,33,41)(H,34,37)(H,39,40)/b13-7-/t22-,23+,24-,25-,32+/m0/s1. The average Bonchev–Trinajstić information content (AvgIpc) is 3.27. The van der Waals surface area contributed by atoms with Gasteiger partial charge in [0.1, 0.15) is 29.3 Å². The molecule has 3 aliphatic heterocycles. The van der Waals surface area contributed by atoms with Gasteiger partial charge in [0.25, 0.3) is 0 Å². The van der Waals surface area contributed by atoms with Gasteiger partial charge in [-0.05, 0) is 57.6 Å². The lowest BCUT2D eigenvalue weighted by molar-refractivity contribution is -0.145. The number of carboxylic acid groups (broad SMARTS) is 1. The topological polar surface area (TPSA) is 155 Å². The first-order valence-electron chi connectivity index (χ1n) is 15.4. The number of nitrogens with one attached hydrogen (secondary N) is 2. The molecule has 1 aromatic carbocycles. The molecule has 238 valence electrons. The van der Waals surface area contributed by atoms with Gasteiger partial charge < -0.3 is 30.1 Å². The lowest BCUT2D eigenvalue weighted by Crippen LogP contribution is -2.56. The number of rotatable bonds is 3. The highest BCUT2D eigenvalue weighted by Gasteiger charge is 2.61. The number of allylic oxidation sites excluding steroid dienone is 1. The maximum absolute atomic E-state index is 14.0. The first-order valence-corrected chi connectivity index (χ1v) is 15.4. The summed E-state index contributed by atoms with van der Waals surface area (Å²) < 4.78 is 11.2. The van der Waals surface area contributed by atoms with Crippen LogP contribution in [0.15, 0.2) is 36.4 Å². The minimum absolute atomic E-state index is 0.000531. The average molecular weight is 611 g/mol. The Bertz CT molecular complexity index is 1310. The largest absolute Gasteiger partial charge is 0.479 e. The second-order valence-corrected chi connectivity index (χ2v) is 13.2. The normalized spacial score (nSPS) is 29.6. The van der Waals surface area contributed by atoms with Crippen molar-refractivity contribution in [3.05, 3.63) is 47.5 Å². The van der Waals surface area contributed by atoms with Crippen LogP contribution in [0, 0.1) is 5.92 Å². The fraction of sp³-hybridized carbons (Fsp3) is 0.594. The van der Waals surface area contributed by atoms with Crippen molar-refractivity contribution < 1.29 is 38.6 Å². The van der Waals surface area contributed by atoms with Crippen molar-refractivity contribution in [3.8, 4) is 0 Å². The van der Waals surface area contributed by atoms with Gasteiger partial charge in [0, 0.05) is 25.4 Å². The molecule has 0 bridgehead atoms. The Labute approximate surface area is 257 Å². The molecule has 3 N–H and O–H groups in total. The molecule has 5 rings (SSSR count). The number of carbonyl (C=O) groups is 5. The van der Waals surface area contributed by atoms with Gasteiger partial charge in [-0.25, -0.2) is 14.4 Å². The van der Waals surface area contributed by atoms with E-state index < -0.39 is 59.3 Å². The number of carboxylic acids is 1. The minimum atomic E-state index is -1.45. The maximum Gasteiger partial charge on any atom is 0.410 e. The first-order chi connectivity index (χ1) is 20.9. The maximum atomic E-state index is 14.0. The van der Waals surface area contributed by atoms with Crippen LogP contribution in [-0.2, 0) is 36.9 Å². The third-order valence-electron chi connectivity index (χ3n) is 8.68. The van der Waals surface area contributed by atoms with Gasteiger partial charge in [-0.2, -0.15) is 0 Å². The summed E-state index contributed by atoms with van der Waals surface area (Å²) in [6.07, 6.45) is 5.25. The zero-order chi connectivity index (χ0) is 31.6. The van der Waals surface area contributed by atoms with E-state index in [1.165, 1.54) is 4.90 Å². The molecule has 0 radical (unpaired) electrons. The van der Waals surface area contributed by atoms with Crippen LogP contribution < -0.4 is 10.6 Å². The van der Waals surface area contributed by atoms with Gasteiger partial charge in [-0.15, -0.1) is 0 Å². The van der Waals surface area contributed by atoms with Crippen molar-refractivity contribution in [3.63, 3.8) is 0 Å². The number of carbonyl (C=O) groups excluding carboxylic acids is 4. The Morgan fingerprint density at radius 3 is 2.43 bits per heavy atom. The third kappa shape index (κ3) is 7.00. The van der Waals surface area contributed by atoms with Crippen LogP contribution in [0.5, 0.6) is 0 Å². The van der Waals surface area contributed by atoms with Gasteiger partial charge in [-0.1, -0.05) is 49.3 Å². The second-order valence-electron chi connectivity index (χ2n) is 13.2. The molecule has 44 heavy (non-hydrogen) atoms. The van der Waals surface area contributed by atoms with Crippen molar-refractivity contribution in [1.29, 1.82) is 0 Å². The molecule has 0 spiro atoms. The number of ether oxygens (including phenoxy) is 2. The Balaban J connectivity index is 1.37. The van der Waals surface area contributed by atoms with Crippen molar-refractivity contribution in [2.45, 2.75) is 108 Å². The van der Waals surface area contributed by atoms with Crippen LogP contribution in [0.3, 0.4) is 0 Å². The summed E-state index contributed by atoms with van der Waals surface area (Å²) in [6.45, 7) is 5.89. The van der Waals surface area contributed by atoms with E-state index >= 15 is 0 Å². The summed E-state index contributed by atoms with van der Waals surface area (Å²) in [6, 6.07) is 5.65. The predicted molar refractivity (Wildman–Crippen MR) is 158 cm³/mol. The Kier molecular flexibility index (Phi) is 8.90. The van der Waals surface area contributed by atoms with E-state index in [1.807, 2.05) is 36.4 Å². The first kappa shape index (κ1) is 31.3. The highest BCUT2D eigenvalue weighted by atomic mass is 16.6. The number of hydrogen-bond acceptors (Lipinski definition) is 7. The molecule has 3 heterocycles. The fourth-order valence-corrected chi connectivity index (χ4v) is 6.28. The van der Waals surface area contributed by atoms with E-state index in [0.717, 1.165) is 30.4 Å². The monoisotopic (exact) mass is 610 g/mol. The summed E-state index contributed by atoms with van der Waals surface area (Å²) >= 11 is 0. The van der Waals surface area contributed by atoms with Gasteiger partial charge in [0.15, 0.2) is 0 Å². The second kappa shape index (κ2) is 12.5. The molecule has 12 heteroatoms. The minimum Gasteiger partial charge on any atom is -0.479 e. The molecule has 12 nitrogen and oxygen atoms in total. The van der Waals surface area contributed by atoms with Gasteiger partial charge in [0.05, 0.1) is 6.54 Å². The number of hydrogen-bond donors (Lipinski definition) is 3. The molecular weight excluding hydrogens is 568 g/mol. The van der Waals surface area contributed by atoms with Crippen molar-refractivity contribution in [2.75, 3.05) is 6.54 Å². The van der Waals surface area contributed by atoms with Crippen LogP contribution in [0.25, 0.3) is 0 Å². The summed E-state index contributed by atoms with van der Waals surface area (Å²) in [5.74, 6) is -2.63. The predicted octanol–water partition coefficient (Wildman–Crippen LogP) is 3.48. The van der Waals surface area contributed by atoms with E-state index in [4.69, 9.17) is 9.47 Å². The van der Waals surface area contributed by atoms with Gasteiger partial charge in [-0.3, -0.25) is 14.5 Å². The van der Waals surface area contributed by atoms with E-state index in [-0.39, 0.29) is 25.3 Å². The molecule has 5 atom stereocenters. The van der Waals surface area contributed by atoms with Crippen LogP contribution in [0.2, 0.25) is 0 Å². The zero-order valence-corrected chi connectivity index (χ0v) is 25.5. The van der Waals surface area contributed by atoms with Crippen molar-refractivity contribution >= 4 is 30.0 Å². The number of benzene rings is 1. The van der Waals surface area contributed by atoms with Gasteiger partial charge >= 0.3 is 18.2 Å². The molecule has 1 aliphatic carbocycles. The number of aliphatic carboxylic acids is 1. The van der Waals surface area contributed by atoms with E-state index in [2.05, 4.69) is 10.6 Å². The lowest BCUT2D eigenvalue weighted by atomic mass is 10.0. The number of fused-ring (bicyclic) bond motifs is 3. The Morgan fingerprint density at radius 2 is 1.77 bits per heavy atom. The molecule has 4 aliphatic rings. The summed E-state index contributed by atoms with van der Waals surface area (Å²) in [7, 11) is 0. The zero-order valence-electron chi connectivity index (χ0n) is 25.5. The Morgan fingerprint density at radius 1 is 1.07 bits per heavy atom. The highest BCUT2D eigenvalue weighted by Crippen LogP contribution is 2.45. The third-order valence-corrected chi connectivity index (χ3v) is 8.68. The molecule has 0 aromatic heterocycles. The van der Waals surface area contributed by atoms with E-state index in [9.17, 15) is 29.1 Å². The Hall–Kier alpha value is -4.09. The quantitative estimate of drug-likeness (QED) is 0.440. The summed E-state index contributed by atoms with van der Waals surface area (Å²) in [4.78, 5) is 68.8. The molecule has 0 unspecified atom stereocenters. The molecule has 4 amide bonds. The van der Waals surface area contributed by atoms with Crippen molar-refractivity contribution in [2.24, 2.45) is 5.92 Å². The highest BCUT2D eigenvalue weighted by molar-refractivity contribution is 5.96. The molecular formula is C32H42N4O8. The molecule has 1 saturated carbocycles. The van der Waals surface area contributed by atoms with E-state index in [0.29, 0.717) is 25.9 Å². The fourth-order valence-electron chi connectivity index (χ4n) is 6.28. The van der Waals surface area contributed by atoms with Crippen LogP contribution >= 0.6 is 0 Å². The number of alkyl carbamates (subject to hydrolysis) is 1. The van der Waals surface area contributed by atoms with Crippen LogP contribution in [-0.4, -0.2) is 80.7 Å². The summed E-state index contributed by atoms with van der Waals surface area (Å²) in [5.41, 5.74) is -0.176. The number of amides is 4. The van der Waals surface area contributed by atoms with E-state index in [1.54, 1.807) is 25.7 Å². The molecule has 1 aromatic rings. The summed E-state index contributed by atoms with van der Waals surface area (Å²) in [5, 5.41) is 15.4. The smallest absolute Gasteiger partial charge is 0.410 e.